The highest BCUT2D eigenvalue weighted by Crippen LogP contribution is 2.35. The summed E-state index contributed by atoms with van der Waals surface area (Å²) in [5, 5.41) is 10.2. The minimum Gasteiger partial charge on any atom is -0.393 e. The van der Waals surface area contributed by atoms with E-state index in [1.807, 2.05) is 0 Å². The maximum absolute atomic E-state index is 10.2. The molecule has 106 valence electrons. The zero-order valence-corrected chi connectivity index (χ0v) is 12.4. The Bertz CT molecular complexity index is 249. The highest BCUT2D eigenvalue weighted by Gasteiger charge is 2.35. The van der Waals surface area contributed by atoms with Crippen molar-refractivity contribution in [1.29, 1.82) is 0 Å². The molecule has 2 fully saturated rings. The Morgan fingerprint density at radius 1 is 1.17 bits per heavy atom. The van der Waals surface area contributed by atoms with Gasteiger partial charge in [-0.15, -0.1) is 0 Å². The highest BCUT2D eigenvalue weighted by molar-refractivity contribution is 4.89. The van der Waals surface area contributed by atoms with Gasteiger partial charge in [-0.1, -0.05) is 27.2 Å². The molecule has 2 saturated carbocycles. The van der Waals surface area contributed by atoms with E-state index in [-0.39, 0.29) is 6.10 Å². The van der Waals surface area contributed by atoms with E-state index < -0.39 is 0 Å². The number of rotatable bonds is 6. The van der Waals surface area contributed by atoms with Gasteiger partial charge in [0.05, 0.1) is 6.10 Å². The molecule has 0 saturated heterocycles. The second-order valence-corrected chi connectivity index (χ2v) is 6.99. The number of hydrogen-bond acceptors (Lipinski definition) is 2. The number of hydrogen-bond donors (Lipinski definition) is 1. The molecule has 3 atom stereocenters. The predicted octanol–water partition coefficient (Wildman–Crippen LogP) is 3.29. The summed E-state index contributed by atoms with van der Waals surface area (Å²) in [5.74, 6) is 2.13. The van der Waals surface area contributed by atoms with Gasteiger partial charge >= 0.3 is 0 Å². The third kappa shape index (κ3) is 3.96. The quantitative estimate of drug-likeness (QED) is 0.785. The average Bonchev–Trinajstić information content (AvgIpc) is 3.14. The van der Waals surface area contributed by atoms with Crippen molar-refractivity contribution >= 4 is 0 Å². The summed E-state index contributed by atoms with van der Waals surface area (Å²) < 4.78 is 0. The van der Waals surface area contributed by atoms with E-state index in [1.54, 1.807) is 0 Å². The van der Waals surface area contributed by atoms with Gasteiger partial charge in [0.25, 0.3) is 0 Å². The molecule has 3 unspecified atom stereocenters. The van der Waals surface area contributed by atoms with Crippen LogP contribution in [0.3, 0.4) is 0 Å². The molecule has 0 amide bonds. The zero-order valence-electron chi connectivity index (χ0n) is 12.4. The Hall–Kier alpha value is -0.0800. The van der Waals surface area contributed by atoms with Crippen LogP contribution in [0.4, 0.5) is 0 Å². The molecule has 0 heterocycles. The van der Waals surface area contributed by atoms with Crippen molar-refractivity contribution in [3.05, 3.63) is 0 Å². The number of nitrogens with zero attached hydrogens (tertiary/aromatic N) is 1. The topological polar surface area (TPSA) is 23.5 Å². The highest BCUT2D eigenvalue weighted by atomic mass is 16.3. The molecule has 18 heavy (non-hydrogen) atoms. The first-order valence-electron chi connectivity index (χ1n) is 8.02. The molecule has 1 N–H and O–H groups in total. The van der Waals surface area contributed by atoms with E-state index >= 15 is 0 Å². The minimum absolute atomic E-state index is 0.0405. The normalized spacial score (nSPS) is 33.3. The summed E-state index contributed by atoms with van der Waals surface area (Å²) in [5.41, 5.74) is 0. The summed E-state index contributed by atoms with van der Waals surface area (Å²) in [4.78, 5) is 2.66. The second kappa shape index (κ2) is 6.38. The number of aliphatic hydroxyl groups excluding tert-OH is 1. The van der Waals surface area contributed by atoms with Gasteiger partial charge in [0.15, 0.2) is 0 Å². The van der Waals surface area contributed by atoms with E-state index in [4.69, 9.17) is 0 Å². The summed E-state index contributed by atoms with van der Waals surface area (Å²) >= 11 is 0. The molecule has 0 bridgehead atoms. The minimum atomic E-state index is -0.0405. The maximum Gasteiger partial charge on any atom is 0.0580 e. The first-order valence-corrected chi connectivity index (χ1v) is 8.02. The lowest BCUT2D eigenvalue weighted by Gasteiger charge is -2.37. The third-order valence-corrected chi connectivity index (χ3v) is 4.76. The van der Waals surface area contributed by atoms with Crippen LogP contribution in [0.25, 0.3) is 0 Å². The fourth-order valence-corrected chi connectivity index (χ4v) is 3.49. The Labute approximate surface area is 113 Å². The molecule has 2 heteroatoms. The van der Waals surface area contributed by atoms with Crippen molar-refractivity contribution < 1.29 is 5.11 Å². The first-order chi connectivity index (χ1) is 8.60. The lowest BCUT2D eigenvalue weighted by atomic mass is 9.78. The average molecular weight is 253 g/mol. The molecule has 0 aliphatic heterocycles. The fourth-order valence-electron chi connectivity index (χ4n) is 3.49. The predicted molar refractivity (Wildman–Crippen MR) is 76.6 cm³/mol. The van der Waals surface area contributed by atoms with Crippen LogP contribution in [0.2, 0.25) is 0 Å². The monoisotopic (exact) mass is 253 g/mol. The molecule has 2 aliphatic carbocycles. The Kier molecular flexibility index (Phi) is 5.08. The lowest BCUT2D eigenvalue weighted by molar-refractivity contribution is 0.0230. The van der Waals surface area contributed by atoms with Crippen LogP contribution in [-0.2, 0) is 0 Å². The largest absolute Gasteiger partial charge is 0.393 e. The van der Waals surface area contributed by atoms with Crippen molar-refractivity contribution in [1.82, 2.24) is 4.90 Å². The molecular formula is C16H31NO. The zero-order chi connectivity index (χ0) is 13.1. The summed E-state index contributed by atoms with van der Waals surface area (Å²) in [6.07, 6.45) is 7.53. The van der Waals surface area contributed by atoms with Crippen molar-refractivity contribution in [2.75, 3.05) is 13.1 Å². The van der Waals surface area contributed by atoms with Crippen LogP contribution in [0.1, 0.15) is 59.3 Å². The summed E-state index contributed by atoms with van der Waals surface area (Å²) in [6, 6.07) is 0.835. The van der Waals surface area contributed by atoms with Gasteiger partial charge in [-0.05, 0) is 49.9 Å². The van der Waals surface area contributed by atoms with Crippen molar-refractivity contribution in [3.8, 4) is 0 Å². The van der Waals surface area contributed by atoms with E-state index in [9.17, 15) is 5.11 Å². The number of aliphatic hydroxyl groups is 1. The molecule has 0 spiro atoms. The maximum atomic E-state index is 10.2. The van der Waals surface area contributed by atoms with Crippen LogP contribution in [0.15, 0.2) is 0 Å². The Balaban J connectivity index is 1.87. The van der Waals surface area contributed by atoms with Crippen molar-refractivity contribution in [3.63, 3.8) is 0 Å². The summed E-state index contributed by atoms with van der Waals surface area (Å²) in [7, 11) is 0. The van der Waals surface area contributed by atoms with Gasteiger partial charge in [-0.3, -0.25) is 4.90 Å². The van der Waals surface area contributed by atoms with Crippen molar-refractivity contribution in [2.24, 2.45) is 17.8 Å². The standard InChI is InChI=1S/C16H31NO/c1-4-13-5-8-16(18)14(9-13)11-17(10-12(2)3)15-6-7-15/h12-16,18H,4-11H2,1-3H3. The van der Waals surface area contributed by atoms with Crippen LogP contribution in [0, 0.1) is 17.8 Å². The molecular weight excluding hydrogens is 222 g/mol. The smallest absolute Gasteiger partial charge is 0.0580 e. The van der Waals surface area contributed by atoms with Gasteiger partial charge in [0.2, 0.25) is 0 Å². The molecule has 0 aromatic rings. The van der Waals surface area contributed by atoms with Crippen LogP contribution in [-0.4, -0.2) is 35.2 Å². The van der Waals surface area contributed by atoms with Crippen LogP contribution in [0.5, 0.6) is 0 Å². The van der Waals surface area contributed by atoms with Gasteiger partial charge in [0.1, 0.15) is 0 Å². The van der Waals surface area contributed by atoms with Gasteiger partial charge in [-0.2, -0.15) is 0 Å². The van der Waals surface area contributed by atoms with Gasteiger partial charge < -0.3 is 5.11 Å². The van der Waals surface area contributed by atoms with Gasteiger partial charge in [-0.25, -0.2) is 0 Å². The van der Waals surface area contributed by atoms with Crippen LogP contribution >= 0.6 is 0 Å². The third-order valence-electron chi connectivity index (χ3n) is 4.76. The van der Waals surface area contributed by atoms with Crippen molar-refractivity contribution in [2.45, 2.75) is 71.4 Å². The Morgan fingerprint density at radius 3 is 2.44 bits per heavy atom. The lowest BCUT2D eigenvalue weighted by Crippen LogP contribution is -2.41. The summed E-state index contributed by atoms with van der Waals surface area (Å²) in [6.45, 7) is 9.26. The molecule has 0 aromatic carbocycles. The fraction of sp³-hybridized carbons (Fsp3) is 1.00. The second-order valence-electron chi connectivity index (χ2n) is 6.99. The van der Waals surface area contributed by atoms with Crippen LogP contribution < -0.4 is 0 Å². The molecule has 2 nitrogen and oxygen atoms in total. The molecule has 0 aromatic heterocycles. The Morgan fingerprint density at radius 2 is 1.89 bits per heavy atom. The molecule has 0 radical (unpaired) electrons. The van der Waals surface area contributed by atoms with E-state index in [2.05, 4.69) is 25.7 Å². The molecule has 2 aliphatic rings. The molecule has 2 rings (SSSR count). The van der Waals surface area contributed by atoms with Gasteiger partial charge in [0, 0.05) is 19.1 Å². The van der Waals surface area contributed by atoms with E-state index in [0.717, 1.165) is 30.8 Å². The SMILES string of the molecule is CCC1CCC(O)C(CN(CC(C)C)C2CC2)C1. The first kappa shape index (κ1) is 14.3. The van der Waals surface area contributed by atoms with E-state index in [1.165, 1.54) is 38.6 Å². The van der Waals surface area contributed by atoms with E-state index in [0.29, 0.717) is 5.92 Å².